The molecule has 18 heavy (non-hydrogen) atoms. The first-order valence-corrected chi connectivity index (χ1v) is 6.77. The van der Waals surface area contributed by atoms with Gasteiger partial charge in [-0.3, -0.25) is 15.0 Å². The van der Waals surface area contributed by atoms with Gasteiger partial charge in [-0.05, 0) is 32.9 Å². The summed E-state index contributed by atoms with van der Waals surface area (Å²) in [5.74, 6) is 0.315. The zero-order valence-electron chi connectivity index (χ0n) is 11.2. The SMILES string of the molecule is CCNC(C)(C#N)CN1CCCC2C(=O)NCC21. The molecule has 0 aromatic heterocycles. The van der Waals surface area contributed by atoms with Gasteiger partial charge in [0.15, 0.2) is 0 Å². The van der Waals surface area contributed by atoms with E-state index in [0.29, 0.717) is 6.54 Å². The van der Waals surface area contributed by atoms with Crippen LogP contribution < -0.4 is 10.6 Å². The van der Waals surface area contributed by atoms with Gasteiger partial charge >= 0.3 is 0 Å². The Labute approximate surface area is 109 Å². The molecule has 2 fully saturated rings. The van der Waals surface area contributed by atoms with Crippen molar-refractivity contribution in [2.45, 2.75) is 38.3 Å². The van der Waals surface area contributed by atoms with Crippen molar-refractivity contribution in [1.29, 1.82) is 5.26 Å². The van der Waals surface area contributed by atoms with Crippen molar-refractivity contribution in [1.82, 2.24) is 15.5 Å². The number of piperidine rings is 1. The minimum absolute atomic E-state index is 0.128. The van der Waals surface area contributed by atoms with Crippen LogP contribution in [0.25, 0.3) is 0 Å². The van der Waals surface area contributed by atoms with E-state index in [2.05, 4.69) is 21.6 Å². The summed E-state index contributed by atoms with van der Waals surface area (Å²) in [5, 5.41) is 15.5. The summed E-state index contributed by atoms with van der Waals surface area (Å²) in [5.41, 5.74) is -0.526. The van der Waals surface area contributed by atoms with Crippen LogP contribution >= 0.6 is 0 Å². The molecule has 1 amide bonds. The predicted octanol–water partition coefficient (Wildman–Crippen LogP) is 0.0886. The van der Waals surface area contributed by atoms with Gasteiger partial charge in [0, 0.05) is 19.1 Å². The lowest BCUT2D eigenvalue weighted by Gasteiger charge is -2.39. The minimum Gasteiger partial charge on any atom is -0.354 e. The van der Waals surface area contributed by atoms with Crippen molar-refractivity contribution in [3.8, 4) is 6.07 Å². The lowest BCUT2D eigenvalue weighted by molar-refractivity contribution is -0.124. The monoisotopic (exact) mass is 250 g/mol. The molecule has 0 bridgehead atoms. The topological polar surface area (TPSA) is 68.2 Å². The first kappa shape index (κ1) is 13.3. The first-order valence-electron chi connectivity index (χ1n) is 6.77. The smallest absolute Gasteiger partial charge is 0.224 e. The summed E-state index contributed by atoms with van der Waals surface area (Å²) in [4.78, 5) is 14.0. The highest BCUT2D eigenvalue weighted by molar-refractivity contribution is 5.82. The Morgan fingerprint density at radius 1 is 1.67 bits per heavy atom. The molecule has 3 atom stereocenters. The second-order valence-electron chi connectivity index (χ2n) is 5.51. The van der Waals surface area contributed by atoms with E-state index in [1.54, 1.807) is 0 Å². The molecule has 2 aliphatic heterocycles. The predicted molar refractivity (Wildman–Crippen MR) is 68.8 cm³/mol. The Hall–Kier alpha value is -1.12. The van der Waals surface area contributed by atoms with Crippen molar-refractivity contribution in [3.63, 3.8) is 0 Å². The number of carbonyl (C=O) groups excluding carboxylic acids is 1. The number of carbonyl (C=O) groups is 1. The number of hydrogen-bond donors (Lipinski definition) is 2. The van der Waals surface area contributed by atoms with E-state index in [-0.39, 0.29) is 17.9 Å². The highest BCUT2D eigenvalue weighted by Crippen LogP contribution is 2.28. The van der Waals surface area contributed by atoms with E-state index in [1.807, 2.05) is 13.8 Å². The van der Waals surface area contributed by atoms with Gasteiger partial charge in [0.2, 0.25) is 5.91 Å². The molecule has 0 saturated carbocycles. The molecule has 2 N–H and O–H groups in total. The molecule has 3 unspecified atom stereocenters. The first-order chi connectivity index (χ1) is 8.59. The van der Waals surface area contributed by atoms with E-state index < -0.39 is 5.54 Å². The van der Waals surface area contributed by atoms with E-state index in [9.17, 15) is 10.1 Å². The van der Waals surface area contributed by atoms with Gasteiger partial charge in [-0.1, -0.05) is 6.92 Å². The molecule has 2 saturated heterocycles. The largest absolute Gasteiger partial charge is 0.354 e. The normalized spacial score (nSPS) is 31.3. The Morgan fingerprint density at radius 2 is 2.44 bits per heavy atom. The molecule has 5 heteroatoms. The number of fused-ring (bicyclic) bond motifs is 1. The third kappa shape index (κ3) is 2.50. The van der Waals surface area contributed by atoms with Crippen LogP contribution in [0.4, 0.5) is 0 Å². The summed E-state index contributed by atoms with van der Waals surface area (Å²) >= 11 is 0. The molecule has 5 nitrogen and oxygen atoms in total. The number of likely N-dealkylation sites (tertiary alicyclic amines) is 1. The number of amides is 1. The van der Waals surface area contributed by atoms with Crippen LogP contribution in [0.1, 0.15) is 26.7 Å². The fraction of sp³-hybridized carbons (Fsp3) is 0.846. The van der Waals surface area contributed by atoms with Crippen LogP contribution in [0.15, 0.2) is 0 Å². The molecule has 100 valence electrons. The van der Waals surface area contributed by atoms with Crippen molar-refractivity contribution < 1.29 is 4.79 Å². The van der Waals surface area contributed by atoms with Crippen LogP contribution in [-0.4, -0.2) is 48.6 Å². The van der Waals surface area contributed by atoms with Gasteiger partial charge < -0.3 is 5.32 Å². The molecule has 0 radical (unpaired) electrons. The number of likely N-dealkylation sites (N-methyl/N-ethyl adjacent to an activating group) is 1. The summed E-state index contributed by atoms with van der Waals surface area (Å²) in [6.07, 6.45) is 2.03. The summed E-state index contributed by atoms with van der Waals surface area (Å²) in [6, 6.07) is 2.64. The molecular weight excluding hydrogens is 228 g/mol. The second kappa shape index (κ2) is 5.25. The molecule has 0 aromatic rings. The molecular formula is C13H22N4O. The van der Waals surface area contributed by atoms with Gasteiger partial charge in [0.25, 0.3) is 0 Å². The van der Waals surface area contributed by atoms with Gasteiger partial charge in [-0.2, -0.15) is 5.26 Å². The standard InChI is InChI=1S/C13H22N4O/c1-3-16-13(2,8-14)9-17-6-4-5-10-11(17)7-15-12(10)18/h10-11,16H,3-7,9H2,1-2H3,(H,15,18). The summed E-state index contributed by atoms with van der Waals surface area (Å²) in [7, 11) is 0. The Kier molecular flexibility index (Phi) is 3.88. The van der Waals surface area contributed by atoms with Gasteiger partial charge in [-0.25, -0.2) is 0 Å². The average molecular weight is 250 g/mol. The molecule has 2 heterocycles. The van der Waals surface area contributed by atoms with E-state index in [0.717, 1.165) is 32.5 Å². The number of nitriles is 1. The van der Waals surface area contributed by atoms with Gasteiger partial charge in [-0.15, -0.1) is 0 Å². The van der Waals surface area contributed by atoms with Crippen molar-refractivity contribution in [2.75, 3.05) is 26.2 Å². The number of rotatable bonds is 4. The maximum atomic E-state index is 11.7. The number of nitrogens with one attached hydrogen (secondary N) is 2. The van der Waals surface area contributed by atoms with Crippen molar-refractivity contribution in [2.24, 2.45) is 5.92 Å². The summed E-state index contributed by atoms with van der Waals surface area (Å²) < 4.78 is 0. The number of nitrogens with zero attached hydrogens (tertiary/aromatic N) is 2. The molecule has 2 rings (SSSR count). The molecule has 2 aliphatic rings. The van der Waals surface area contributed by atoms with Crippen LogP contribution in [0.5, 0.6) is 0 Å². The van der Waals surface area contributed by atoms with E-state index in [1.165, 1.54) is 0 Å². The van der Waals surface area contributed by atoms with Crippen molar-refractivity contribution in [3.05, 3.63) is 0 Å². The maximum Gasteiger partial charge on any atom is 0.224 e. The third-order valence-electron chi connectivity index (χ3n) is 4.05. The summed E-state index contributed by atoms with van der Waals surface area (Å²) in [6.45, 7) is 7.13. The molecule has 0 aliphatic carbocycles. The van der Waals surface area contributed by atoms with E-state index >= 15 is 0 Å². The lowest BCUT2D eigenvalue weighted by atomic mass is 9.90. The Bertz CT molecular complexity index is 364. The van der Waals surface area contributed by atoms with Gasteiger partial charge in [0.1, 0.15) is 5.54 Å². The van der Waals surface area contributed by atoms with Crippen LogP contribution in [0.2, 0.25) is 0 Å². The van der Waals surface area contributed by atoms with Crippen molar-refractivity contribution >= 4 is 5.91 Å². The van der Waals surface area contributed by atoms with Gasteiger partial charge in [0.05, 0.1) is 12.0 Å². The zero-order valence-corrected chi connectivity index (χ0v) is 11.2. The van der Waals surface area contributed by atoms with Crippen LogP contribution in [0, 0.1) is 17.2 Å². The van der Waals surface area contributed by atoms with Crippen LogP contribution in [-0.2, 0) is 4.79 Å². The van der Waals surface area contributed by atoms with Crippen LogP contribution in [0.3, 0.4) is 0 Å². The fourth-order valence-corrected chi connectivity index (χ4v) is 3.16. The average Bonchev–Trinajstić information content (AvgIpc) is 2.73. The number of hydrogen-bond acceptors (Lipinski definition) is 4. The Morgan fingerprint density at radius 3 is 3.11 bits per heavy atom. The molecule has 0 aromatic carbocycles. The highest BCUT2D eigenvalue weighted by atomic mass is 16.2. The Balaban J connectivity index is 2.04. The third-order valence-corrected chi connectivity index (χ3v) is 4.05. The second-order valence-corrected chi connectivity index (χ2v) is 5.51. The zero-order chi connectivity index (χ0) is 13.2. The fourth-order valence-electron chi connectivity index (χ4n) is 3.16. The lowest BCUT2D eigenvalue weighted by Crippen LogP contribution is -2.56. The quantitative estimate of drug-likeness (QED) is 0.742. The maximum absolute atomic E-state index is 11.7. The van der Waals surface area contributed by atoms with E-state index in [4.69, 9.17) is 0 Å². The minimum atomic E-state index is -0.526. The molecule has 0 spiro atoms. The highest BCUT2D eigenvalue weighted by Gasteiger charge is 2.42.